The van der Waals surface area contributed by atoms with E-state index in [0.29, 0.717) is 44.3 Å². The van der Waals surface area contributed by atoms with Crippen molar-refractivity contribution in [2.45, 2.75) is 25.0 Å². The van der Waals surface area contributed by atoms with Crippen molar-refractivity contribution in [1.82, 2.24) is 15.5 Å². The van der Waals surface area contributed by atoms with Gasteiger partial charge in [-0.1, -0.05) is 5.16 Å². The van der Waals surface area contributed by atoms with Crippen molar-refractivity contribution in [2.75, 3.05) is 26.9 Å². The number of hydrogen-bond donors (Lipinski definition) is 2. The van der Waals surface area contributed by atoms with Gasteiger partial charge in [0.05, 0.1) is 13.1 Å². The molecule has 0 unspecified atom stereocenters. The van der Waals surface area contributed by atoms with E-state index >= 15 is 0 Å². The topological polar surface area (TPSA) is 112 Å². The summed E-state index contributed by atoms with van der Waals surface area (Å²) >= 11 is 0. The number of nitrogens with two attached hydrogens (primary N) is 1. The molecular formula is C11H18N4O4. The Morgan fingerprint density at radius 2 is 2.26 bits per heavy atom. The van der Waals surface area contributed by atoms with E-state index in [0.717, 1.165) is 0 Å². The predicted molar refractivity (Wildman–Crippen MR) is 63.9 cm³/mol. The molecule has 1 aromatic rings. The average Bonchev–Trinajstić information content (AvgIpc) is 2.88. The number of ether oxygens (including phenoxy) is 2. The second kappa shape index (κ2) is 6.09. The van der Waals surface area contributed by atoms with Crippen LogP contribution in [0.3, 0.4) is 0 Å². The van der Waals surface area contributed by atoms with Crippen LogP contribution in [0.15, 0.2) is 4.52 Å². The van der Waals surface area contributed by atoms with E-state index in [1.165, 1.54) is 0 Å². The lowest BCUT2D eigenvalue weighted by atomic mass is 9.93. The molecule has 1 aromatic heterocycles. The summed E-state index contributed by atoms with van der Waals surface area (Å²) in [4.78, 5) is 14.9. The minimum atomic E-state index is -0.538. The quantitative estimate of drug-likeness (QED) is 0.702. The van der Waals surface area contributed by atoms with Gasteiger partial charge in [0.2, 0.25) is 17.6 Å². The van der Waals surface area contributed by atoms with E-state index in [4.69, 9.17) is 19.7 Å². The first-order valence-corrected chi connectivity index (χ1v) is 6.11. The van der Waals surface area contributed by atoms with Gasteiger partial charge in [-0.2, -0.15) is 4.98 Å². The van der Waals surface area contributed by atoms with Crippen molar-refractivity contribution in [1.29, 1.82) is 0 Å². The Kier molecular flexibility index (Phi) is 4.46. The Balaban J connectivity index is 2.00. The number of rotatable bonds is 6. The highest BCUT2D eigenvalue weighted by atomic mass is 16.5. The van der Waals surface area contributed by atoms with Crippen LogP contribution in [0, 0.1) is 0 Å². The van der Waals surface area contributed by atoms with Crippen molar-refractivity contribution < 1.29 is 18.8 Å². The lowest BCUT2D eigenvalue weighted by Crippen LogP contribution is -2.36. The summed E-state index contributed by atoms with van der Waals surface area (Å²) in [5.74, 6) is 0.492. The number of aromatic nitrogens is 2. The van der Waals surface area contributed by atoms with E-state index < -0.39 is 11.5 Å². The standard InChI is InChI=1S/C11H18N4O4/c1-17-11(2-4-18-5-3-11)10-14-9(19-15-10)7-13-6-8(12)16/h13H,2-7H2,1H3,(H2,12,16). The molecule has 1 aliphatic heterocycles. The van der Waals surface area contributed by atoms with Crippen LogP contribution in [0.2, 0.25) is 0 Å². The van der Waals surface area contributed by atoms with E-state index in [2.05, 4.69) is 15.5 Å². The molecule has 1 amide bonds. The Bertz CT molecular complexity index is 428. The second-order valence-corrected chi connectivity index (χ2v) is 4.39. The van der Waals surface area contributed by atoms with Crippen molar-refractivity contribution in [2.24, 2.45) is 5.73 Å². The highest BCUT2D eigenvalue weighted by Crippen LogP contribution is 2.33. The van der Waals surface area contributed by atoms with Gasteiger partial charge in [0.25, 0.3) is 0 Å². The number of primary amides is 1. The zero-order chi connectivity index (χ0) is 13.7. The third-order valence-electron chi connectivity index (χ3n) is 3.14. The normalized spacial score (nSPS) is 18.4. The molecule has 0 aromatic carbocycles. The first-order valence-electron chi connectivity index (χ1n) is 6.11. The largest absolute Gasteiger partial charge is 0.381 e. The molecule has 2 heterocycles. The summed E-state index contributed by atoms with van der Waals surface area (Å²) in [7, 11) is 1.63. The molecule has 8 nitrogen and oxygen atoms in total. The molecule has 8 heteroatoms. The third kappa shape index (κ3) is 3.28. The molecule has 19 heavy (non-hydrogen) atoms. The summed E-state index contributed by atoms with van der Waals surface area (Å²) in [5, 5.41) is 6.77. The van der Waals surface area contributed by atoms with E-state index in [1.54, 1.807) is 7.11 Å². The fourth-order valence-corrected chi connectivity index (χ4v) is 2.02. The van der Waals surface area contributed by atoms with Crippen LogP contribution in [-0.4, -0.2) is 42.9 Å². The summed E-state index contributed by atoms with van der Waals surface area (Å²) in [6.07, 6.45) is 1.38. The molecular weight excluding hydrogens is 252 g/mol. The van der Waals surface area contributed by atoms with Gasteiger partial charge >= 0.3 is 0 Å². The molecule has 0 saturated carbocycles. The number of amides is 1. The molecule has 1 aliphatic rings. The summed E-state index contributed by atoms with van der Waals surface area (Å²) in [5.41, 5.74) is 4.48. The van der Waals surface area contributed by atoms with Gasteiger partial charge in [-0.25, -0.2) is 0 Å². The molecule has 0 atom stereocenters. The van der Waals surface area contributed by atoms with Gasteiger partial charge in [-0.3, -0.25) is 10.1 Å². The molecule has 1 fully saturated rings. The van der Waals surface area contributed by atoms with E-state index in [-0.39, 0.29) is 6.54 Å². The maximum Gasteiger partial charge on any atom is 0.240 e. The van der Waals surface area contributed by atoms with Gasteiger partial charge in [0, 0.05) is 33.2 Å². The Labute approximate surface area is 110 Å². The molecule has 0 aliphatic carbocycles. The van der Waals surface area contributed by atoms with Crippen LogP contribution in [0.4, 0.5) is 0 Å². The number of carbonyl (C=O) groups is 1. The SMILES string of the molecule is COC1(c2noc(CNCC(N)=O)n2)CCOCC1. The fourth-order valence-electron chi connectivity index (χ4n) is 2.02. The van der Waals surface area contributed by atoms with Crippen LogP contribution in [0.25, 0.3) is 0 Å². The van der Waals surface area contributed by atoms with Crippen LogP contribution in [0.5, 0.6) is 0 Å². The van der Waals surface area contributed by atoms with Crippen LogP contribution >= 0.6 is 0 Å². The second-order valence-electron chi connectivity index (χ2n) is 4.39. The number of nitrogens with one attached hydrogen (secondary N) is 1. The zero-order valence-corrected chi connectivity index (χ0v) is 10.8. The van der Waals surface area contributed by atoms with Crippen molar-refractivity contribution >= 4 is 5.91 Å². The third-order valence-corrected chi connectivity index (χ3v) is 3.14. The highest BCUT2D eigenvalue weighted by molar-refractivity contribution is 5.75. The lowest BCUT2D eigenvalue weighted by molar-refractivity contribution is -0.117. The van der Waals surface area contributed by atoms with Gasteiger partial charge in [0.1, 0.15) is 5.60 Å². The number of hydrogen-bond acceptors (Lipinski definition) is 7. The van der Waals surface area contributed by atoms with Gasteiger partial charge in [0.15, 0.2) is 0 Å². The molecule has 1 saturated heterocycles. The van der Waals surface area contributed by atoms with Crippen molar-refractivity contribution in [3.63, 3.8) is 0 Å². The number of carbonyl (C=O) groups excluding carboxylic acids is 1. The maximum absolute atomic E-state index is 10.6. The molecule has 3 N–H and O–H groups in total. The first-order chi connectivity index (χ1) is 9.16. The minimum absolute atomic E-state index is 0.0704. The van der Waals surface area contributed by atoms with E-state index in [1.807, 2.05) is 0 Å². The minimum Gasteiger partial charge on any atom is -0.381 e. The summed E-state index contributed by atoms with van der Waals surface area (Å²) in [6.45, 7) is 1.59. The molecule has 2 rings (SSSR count). The Morgan fingerprint density at radius 1 is 1.53 bits per heavy atom. The molecule has 0 spiro atoms. The summed E-state index contributed by atoms with van der Waals surface area (Å²) in [6, 6.07) is 0. The molecule has 0 radical (unpaired) electrons. The summed E-state index contributed by atoms with van der Waals surface area (Å²) < 4.78 is 16.0. The highest BCUT2D eigenvalue weighted by Gasteiger charge is 2.39. The van der Waals surface area contributed by atoms with Crippen LogP contribution < -0.4 is 11.1 Å². The average molecular weight is 270 g/mol. The van der Waals surface area contributed by atoms with Gasteiger partial charge in [-0.15, -0.1) is 0 Å². The zero-order valence-electron chi connectivity index (χ0n) is 10.8. The van der Waals surface area contributed by atoms with Crippen molar-refractivity contribution in [3.05, 3.63) is 11.7 Å². The van der Waals surface area contributed by atoms with E-state index in [9.17, 15) is 4.79 Å². The van der Waals surface area contributed by atoms with Crippen LogP contribution in [-0.2, 0) is 26.4 Å². The van der Waals surface area contributed by atoms with Gasteiger partial charge in [-0.05, 0) is 0 Å². The van der Waals surface area contributed by atoms with Crippen LogP contribution in [0.1, 0.15) is 24.6 Å². The first kappa shape index (κ1) is 13.9. The lowest BCUT2D eigenvalue weighted by Gasteiger charge is -2.32. The number of nitrogens with zero attached hydrogens (tertiary/aromatic N) is 2. The fraction of sp³-hybridized carbons (Fsp3) is 0.727. The van der Waals surface area contributed by atoms with Crippen molar-refractivity contribution in [3.8, 4) is 0 Å². The maximum atomic E-state index is 10.6. The monoisotopic (exact) mass is 270 g/mol. The van der Waals surface area contributed by atoms with Gasteiger partial charge < -0.3 is 19.7 Å². The Hall–Kier alpha value is -1.51. The Morgan fingerprint density at radius 3 is 2.89 bits per heavy atom. The predicted octanol–water partition coefficient (Wildman–Crippen LogP) is -0.703. The smallest absolute Gasteiger partial charge is 0.240 e. The molecule has 106 valence electrons. The number of methoxy groups -OCH3 is 1. The molecule has 0 bridgehead atoms.